The Bertz CT molecular complexity index is 746. The Balaban J connectivity index is 1.63. The molecule has 0 unspecified atom stereocenters. The van der Waals surface area contributed by atoms with E-state index in [1.54, 1.807) is 12.1 Å². The first kappa shape index (κ1) is 17.0. The van der Waals surface area contributed by atoms with Gasteiger partial charge >= 0.3 is 5.97 Å². The van der Waals surface area contributed by atoms with E-state index >= 15 is 0 Å². The molecular formula is C20H22N2O3. The zero-order valence-electron chi connectivity index (χ0n) is 14.1. The Morgan fingerprint density at radius 1 is 1.04 bits per heavy atom. The fourth-order valence-electron chi connectivity index (χ4n) is 3.07. The molecule has 5 heteroatoms. The first-order valence-corrected chi connectivity index (χ1v) is 8.58. The summed E-state index contributed by atoms with van der Waals surface area (Å²) in [6.45, 7) is 2.47. The van der Waals surface area contributed by atoms with Gasteiger partial charge in [0.25, 0.3) is 0 Å². The third-order valence-corrected chi connectivity index (χ3v) is 4.45. The standard InChI is InChI=1S/C20H22N2O3/c23-20(24)18-8-4-16(5-9-18)14-22(25)15-17-6-10-19(11-7-17)21-12-2-1-3-13-21/h4-11,14H,1-3,12-13,15H2,(H,23,24)/b22-14-. The highest BCUT2D eigenvalue weighted by molar-refractivity contribution is 5.88. The van der Waals surface area contributed by atoms with Crippen LogP contribution in [0.3, 0.4) is 0 Å². The van der Waals surface area contributed by atoms with E-state index in [0.717, 1.165) is 23.4 Å². The molecule has 0 aromatic heterocycles. The van der Waals surface area contributed by atoms with E-state index in [4.69, 9.17) is 5.11 Å². The minimum absolute atomic E-state index is 0.211. The molecule has 1 N–H and O–H groups in total. The summed E-state index contributed by atoms with van der Waals surface area (Å²) in [4.78, 5) is 13.2. The number of anilines is 1. The van der Waals surface area contributed by atoms with Gasteiger partial charge in [0.05, 0.1) is 5.56 Å². The third kappa shape index (κ3) is 4.59. The zero-order valence-corrected chi connectivity index (χ0v) is 14.1. The van der Waals surface area contributed by atoms with E-state index in [1.807, 2.05) is 12.1 Å². The number of carbonyl (C=O) groups is 1. The van der Waals surface area contributed by atoms with Gasteiger partial charge < -0.3 is 15.2 Å². The number of hydrogen-bond donors (Lipinski definition) is 1. The quantitative estimate of drug-likeness (QED) is 0.392. The molecular weight excluding hydrogens is 316 g/mol. The molecule has 3 rings (SSSR count). The number of aromatic carboxylic acids is 1. The SMILES string of the molecule is O=C(O)c1ccc(/C=[N+](\[O-])Cc2ccc(N3CCCCC3)cc2)cc1. The smallest absolute Gasteiger partial charge is 0.335 e. The molecule has 0 bridgehead atoms. The highest BCUT2D eigenvalue weighted by Crippen LogP contribution is 2.20. The minimum Gasteiger partial charge on any atom is -0.624 e. The summed E-state index contributed by atoms with van der Waals surface area (Å²) in [5.41, 5.74) is 3.07. The van der Waals surface area contributed by atoms with Gasteiger partial charge in [-0.05, 0) is 55.7 Å². The number of piperidine rings is 1. The summed E-state index contributed by atoms with van der Waals surface area (Å²) in [5, 5.41) is 21.0. The van der Waals surface area contributed by atoms with Crippen LogP contribution in [0.15, 0.2) is 48.5 Å². The molecule has 1 fully saturated rings. The molecule has 1 heterocycles. The summed E-state index contributed by atoms with van der Waals surface area (Å²) < 4.78 is 0.867. The van der Waals surface area contributed by atoms with Crippen LogP contribution in [0.2, 0.25) is 0 Å². The average molecular weight is 338 g/mol. The predicted molar refractivity (Wildman–Crippen MR) is 98.4 cm³/mol. The molecule has 1 aliphatic rings. The summed E-state index contributed by atoms with van der Waals surface area (Å²) in [6.07, 6.45) is 5.27. The monoisotopic (exact) mass is 338 g/mol. The van der Waals surface area contributed by atoms with Gasteiger partial charge in [-0.15, -0.1) is 0 Å². The van der Waals surface area contributed by atoms with Gasteiger partial charge in [0, 0.05) is 29.9 Å². The molecule has 2 aromatic carbocycles. The molecule has 0 radical (unpaired) electrons. The number of carboxylic acid groups (broad SMARTS) is 1. The fraction of sp³-hybridized carbons (Fsp3) is 0.300. The minimum atomic E-state index is -0.973. The van der Waals surface area contributed by atoms with Crippen molar-refractivity contribution in [2.45, 2.75) is 25.8 Å². The lowest BCUT2D eigenvalue weighted by Crippen LogP contribution is -2.29. The van der Waals surface area contributed by atoms with Crippen LogP contribution in [0, 0.1) is 5.21 Å². The highest BCUT2D eigenvalue weighted by Gasteiger charge is 2.11. The molecule has 0 atom stereocenters. The Hall–Kier alpha value is -2.82. The van der Waals surface area contributed by atoms with Crippen molar-refractivity contribution >= 4 is 17.9 Å². The van der Waals surface area contributed by atoms with Crippen molar-refractivity contribution in [3.8, 4) is 0 Å². The maximum Gasteiger partial charge on any atom is 0.335 e. The molecule has 1 aliphatic heterocycles. The number of hydroxylamine groups is 1. The van der Waals surface area contributed by atoms with Gasteiger partial charge in [-0.3, -0.25) is 0 Å². The van der Waals surface area contributed by atoms with E-state index in [0.29, 0.717) is 5.56 Å². The van der Waals surface area contributed by atoms with Crippen LogP contribution in [0.25, 0.3) is 0 Å². The first-order chi connectivity index (χ1) is 12.1. The molecule has 0 amide bonds. The lowest BCUT2D eigenvalue weighted by atomic mass is 10.1. The molecule has 0 saturated carbocycles. The number of nitrogens with zero attached hydrogens (tertiary/aromatic N) is 2. The number of rotatable bonds is 5. The Kier molecular flexibility index (Phi) is 5.33. The van der Waals surface area contributed by atoms with Crippen molar-refractivity contribution in [2.75, 3.05) is 18.0 Å². The summed E-state index contributed by atoms with van der Waals surface area (Å²) in [5.74, 6) is -0.973. The van der Waals surface area contributed by atoms with Crippen LogP contribution in [-0.2, 0) is 6.54 Å². The molecule has 2 aromatic rings. The van der Waals surface area contributed by atoms with Crippen LogP contribution in [0.1, 0.15) is 40.7 Å². The Labute approximate surface area is 147 Å². The lowest BCUT2D eigenvalue weighted by molar-refractivity contribution is -0.469. The van der Waals surface area contributed by atoms with Crippen molar-refractivity contribution in [1.29, 1.82) is 0 Å². The van der Waals surface area contributed by atoms with Gasteiger partial charge in [-0.2, -0.15) is 0 Å². The van der Waals surface area contributed by atoms with Crippen molar-refractivity contribution in [3.05, 3.63) is 70.4 Å². The Morgan fingerprint density at radius 2 is 1.68 bits per heavy atom. The van der Waals surface area contributed by atoms with Gasteiger partial charge in [0.2, 0.25) is 0 Å². The summed E-state index contributed by atoms with van der Waals surface area (Å²) in [7, 11) is 0. The largest absolute Gasteiger partial charge is 0.624 e. The van der Waals surface area contributed by atoms with Gasteiger partial charge in [-0.25, -0.2) is 9.53 Å². The first-order valence-electron chi connectivity index (χ1n) is 8.58. The molecule has 130 valence electrons. The second-order valence-electron chi connectivity index (χ2n) is 6.35. The van der Waals surface area contributed by atoms with Crippen molar-refractivity contribution < 1.29 is 14.6 Å². The van der Waals surface area contributed by atoms with Crippen molar-refractivity contribution in [3.63, 3.8) is 0 Å². The number of benzene rings is 2. The fourth-order valence-corrected chi connectivity index (χ4v) is 3.07. The van der Waals surface area contributed by atoms with Gasteiger partial charge in [0.15, 0.2) is 12.8 Å². The van der Waals surface area contributed by atoms with Crippen LogP contribution < -0.4 is 4.90 Å². The van der Waals surface area contributed by atoms with E-state index in [1.165, 1.54) is 43.3 Å². The van der Waals surface area contributed by atoms with Gasteiger partial charge in [0.1, 0.15) is 0 Å². The molecule has 25 heavy (non-hydrogen) atoms. The number of hydrogen-bond acceptors (Lipinski definition) is 3. The van der Waals surface area contributed by atoms with Crippen molar-refractivity contribution in [1.82, 2.24) is 0 Å². The predicted octanol–water partition coefficient (Wildman–Crippen LogP) is 3.50. The van der Waals surface area contributed by atoms with Gasteiger partial charge in [-0.1, -0.05) is 12.1 Å². The lowest BCUT2D eigenvalue weighted by Gasteiger charge is -2.28. The van der Waals surface area contributed by atoms with E-state index in [-0.39, 0.29) is 12.1 Å². The topological polar surface area (TPSA) is 66.6 Å². The van der Waals surface area contributed by atoms with E-state index in [9.17, 15) is 10.0 Å². The zero-order chi connectivity index (χ0) is 17.6. The summed E-state index contributed by atoms with van der Waals surface area (Å²) in [6, 6.07) is 14.4. The average Bonchev–Trinajstić information content (AvgIpc) is 2.63. The molecule has 5 nitrogen and oxygen atoms in total. The third-order valence-electron chi connectivity index (χ3n) is 4.45. The second-order valence-corrected chi connectivity index (χ2v) is 6.35. The number of carboxylic acids is 1. The van der Waals surface area contributed by atoms with E-state index in [2.05, 4.69) is 17.0 Å². The maximum absolute atomic E-state index is 12.1. The van der Waals surface area contributed by atoms with Crippen LogP contribution in [0.4, 0.5) is 5.69 Å². The maximum atomic E-state index is 12.1. The van der Waals surface area contributed by atoms with Crippen molar-refractivity contribution in [2.24, 2.45) is 0 Å². The molecule has 0 spiro atoms. The highest BCUT2D eigenvalue weighted by atomic mass is 16.5. The molecule has 0 aliphatic carbocycles. The van der Waals surface area contributed by atoms with E-state index < -0.39 is 5.97 Å². The summed E-state index contributed by atoms with van der Waals surface area (Å²) >= 11 is 0. The van der Waals surface area contributed by atoms with Crippen LogP contribution >= 0.6 is 0 Å². The molecule has 1 saturated heterocycles. The second kappa shape index (κ2) is 7.83. The van der Waals surface area contributed by atoms with Crippen LogP contribution in [-0.4, -0.2) is 35.1 Å². The van der Waals surface area contributed by atoms with Crippen LogP contribution in [0.5, 0.6) is 0 Å². The Morgan fingerprint density at radius 3 is 2.28 bits per heavy atom. The normalized spacial score (nSPS) is 15.2.